The zero-order chi connectivity index (χ0) is 37.1. The van der Waals surface area contributed by atoms with Crippen molar-refractivity contribution < 1.29 is 41.3 Å². The molecule has 1 N–H and O–H groups in total. The third-order valence-corrected chi connectivity index (χ3v) is 10.2. The SMILES string of the molecule is CC[C@H](C)NC(=O)[C@H](Cc1ccccc1)N(Cc1ccccc1F)C(=O)CN(c1cc(OC)ccc1OC)S(=O)(=O)c1ccc(OC)c(OC)c1. The maximum absolute atomic E-state index is 15.2. The number of nitrogens with one attached hydrogen (secondary N) is 1. The van der Waals surface area contributed by atoms with E-state index < -0.39 is 40.2 Å². The molecule has 0 aliphatic carbocycles. The van der Waals surface area contributed by atoms with Gasteiger partial charge in [0.1, 0.15) is 29.9 Å². The molecule has 0 heterocycles. The standard InChI is InChI=1S/C38H44FN3O8S/c1-7-26(2)40-38(44)33(21-27-13-9-8-10-14-27)41(24-28-15-11-12-16-31(28)39)37(43)25-42(32-22-29(47-3)17-19-34(32)48-4)51(45,46)30-18-20-35(49-5)36(23-30)50-6/h8-20,22-23,26,33H,7,21,24-25H2,1-6H3,(H,40,44)/t26-,33-/m0/s1. The van der Waals surface area contributed by atoms with Crippen molar-refractivity contribution in [2.75, 3.05) is 39.3 Å². The molecule has 0 spiro atoms. The first-order chi connectivity index (χ1) is 24.5. The quantitative estimate of drug-likeness (QED) is 0.149. The van der Waals surface area contributed by atoms with Crippen molar-refractivity contribution in [2.24, 2.45) is 0 Å². The number of hydrogen-bond acceptors (Lipinski definition) is 8. The first kappa shape index (κ1) is 38.5. The molecule has 2 atom stereocenters. The van der Waals surface area contributed by atoms with Gasteiger partial charge in [0.25, 0.3) is 10.0 Å². The van der Waals surface area contributed by atoms with Gasteiger partial charge in [0.15, 0.2) is 11.5 Å². The third kappa shape index (κ3) is 9.28. The summed E-state index contributed by atoms with van der Waals surface area (Å²) in [6, 6.07) is 22.3. The van der Waals surface area contributed by atoms with Crippen LogP contribution >= 0.6 is 0 Å². The highest BCUT2D eigenvalue weighted by molar-refractivity contribution is 7.92. The Morgan fingerprint density at radius 2 is 1.45 bits per heavy atom. The average molecular weight is 722 g/mol. The van der Waals surface area contributed by atoms with Gasteiger partial charge in [-0.05, 0) is 49.2 Å². The molecular weight excluding hydrogens is 677 g/mol. The molecule has 0 saturated heterocycles. The second-order valence-electron chi connectivity index (χ2n) is 11.7. The summed E-state index contributed by atoms with van der Waals surface area (Å²) in [4.78, 5) is 29.8. The molecule has 51 heavy (non-hydrogen) atoms. The lowest BCUT2D eigenvalue weighted by molar-refractivity contribution is -0.140. The monoisotopic (exact) mass is 721 g/mol. The molecule has 0 aliphatic heterocycles. The summed E-state index contributed by atoms with van der Waals surface area (Å²) >= 11 is 0. The Labute approximate surface area is 298 Å². The zero-order valence-corrected chi connectivity index (χ0v) is 30.4. The van der Waals surface area contributed by atoms with Crippen LogP contribution in [0.4, 0.5) is 10.1 Å². The Hall–Kier alpha value is -5.30. The molecule has 0 saturated carbocycles. The summed E-state index contributed by atoms with van der Waals surface area (Å²) in [6.45, 7) is 2.64. The molecule has 0 radical (unpaired) electrons. The average Bonchev–Trinajstić information content (AvgIpc) is 3.15. The summed E-state index contributed by atoms with van der Waals surface area (Å²) in [5.74, 6) is -0.954. The number of amides is 2. The fraction of sp³-hybridized carbons (Fsp3) is 0.316. The van der Waals surface area contributed by atoms with Crippen molar-refractivity contribution in [3.8, 4) is 23.0 Å². The molecule has 13 heteroatoms. The lowest BCUT2D eigenvalue weighted by Gasteiger charge is -2.34. The fourth-order valence-corrected chi connectivity index (χ4v) is 6.85. The Kier molecular flexibility index (Phi) is 13.3. The lowest BCUT2D eigenvalue weighted by Crippen LogP contribution is -2.54. The first-order valence-corrected chi connectivity index (χ1v) is 17.7. The van der Waals surface area contributed by atoms with Crippen molar-refractivity contribution in [2.45, 2.75) is 50.2 Å². The smallest absolute Gasteiger partial charge is 0.265 e. The van der Waals surface area contributed by atoms with Gasteiger partial charge in [-0.25, -0.2) is 12.8 Å². The maximum atomic E-state index is 15.2. The van der Waals surface area contributed by atoms with Gasteiger partial charge in [0, 0.05) is 36.7 Å². The molecule has 0 fully saturated rings. The van der Waals surface area contributed by atoms with Crippen LogP contribution in [0.5, 0.6) is 23.0 Å². The minimum absolute atomic E-state index is 0.00510. The zero-order valence-electron chi connectivity index (χ0n) is 29.6. The van der Waals surface area contributed by atoms with Crippen molar-refractivity contribution in [1.29, 1.82) is 0 Å². The predicted octanol–water partition coefficient (Wildman–Crippen LogP) is 5.61. The van der Waals surface area contributed by atoms with Crippen molar-refractivity contribution in [3.05, 3.63) is 108 Å². The molecule has 4 aromatic carbocycles. The van der Waals surface area contributed by atoms with E-state index in [1.54, 1.807) is 12.1 Å². The number of sulfonamides is 1. The van der Waals surface area contributed by atoms with Crippen molar-refractivity contribution in [3.63, 3.8) is 0 Å². The maximum Gasteiger partial charge on any atom is 0.265 e. The van der Waals surface area contributed by atoms with E-state index in [-0.39, 0.29) is 46.7 Å². The van der Waals surface area contributed by atoms with Gasteiger partial charge in [-0.1, -0.05) is 55.5 Å². The van der Waals surface area contributed by atoms with E-state index >= 15 is 4.39 Å². The number of hydrogen-bond donors (Lipinski definition) is 1. The van der Waals surface area contributed by atoms with E-state index in [0.717, 1.165) is 9.87 Å². The van der Waals surface area contributed by atoms with Crippen molar-refractivity contribution >= 4 is 27.5 Å². The van der Waals surface area contributed by atoms with Crippen LogP contribution in [0.3, 0.4) is 0 Å². The van der Waals surface area contributed by atoms with Gasteiger partial charge >= 0.3 is 0 Å². The molecule has 4 aromatic rings. The number of halogens is 1. The van der Waals surface area contributed by atoms with E-state index in [1.807, 2.05) is 44.2 Å². The Bertz CT molecular complexity index is 1910. The van der Waals surface area contributed by atoms with Crippen LogP contribution in [-0.4, -0.2) is 72.2 Å². The van der Waals surface area contributed by atoms with Crippen LogP contribution in [0.2, 0.25) is 0 Å². The highest BCUT2D eigenvalue weighted by Crippen LogP contribution is 2.38. The topological polar surface area (TPSA) is 124 Å². The first-order valence-electron chi connectivity index (χ1n) is 16.3. The van der Waals surface area contributed by atoms with E-state index in [9.17, 15) is 18.0 Å². The third-order valence-electron chi connectivity index (χ3n) is 8.45. The number of ether oxygens (including phenoxy) is 4. The van der Waals surface area contributed by atoms with E-state index in [2.05, 4.69) is 5.32 Å². The summed E-state index contributed by atoms with van der Waals surface area (Å²) < 4.78 is 67.1. The second-order valence-corrected chi connectivity index (χ2v) is 13.6. The number of carbonyl (C=O) groups excluding carboxylic acids is 2. The minimum Gasteiger partial charge on any atom is -0.497 e. The normalized spacial score (nSPS) is 12.3. The minimum atomic E-state index is -4.57. The Morgan fingerprint density at radius 3 is 2.08 bits per heavy atom. The number of nitrogens with zero attached hydrogens (tertiary/aromatic N) is 2. The van der Waals surface area contributed by atoms with Gasteiger partial charge in [-0.15, -0.1) is 0 Å². The predicted molar refractivity (Wildman–Crippen MR) is 192 cm³/mol. The highest BCUT2D eigenvalue weighted by atomic mass is 32.2. The number of rotatable bonds is 17. The molecule has 0 bridgehead atoms. The van der Waals surface area contributed by atoms with Crippen LogP contribution in [0.1, 0.15) is 31.4 Å². The molecule has 0 aromatic heterocycles. The summed E-state index contributed by atoms with van der Waals surface area (Å²) in [7, 11) is 1.02. The summed E-state index contributed by atoms with van der Waals surface area (Å²) in [5, 5.41) is 2.96. The number of methoxy groups -OCH3 is 4. The van der Waals surface area contributed by atoms with Gasteiger partial charge in [-0.2, -0.15) is 0 Å². The van der Waals surface area contributed by atoms with Gasteiger partial charge in [0.2, 0.25) is 11.8 Å². The Balaban J connectivity index is 1.91. The van der Waals surface area contributed by atoms with Gasteiger partial charge in [-0.3, -0.25) is 13.9 Å². The fourth-order valence-electron chi connectivity index (χ4n) is 5.41. The summed E-state index contributed by atoms with van der Waals surface area (Å²) in [6.07, 6.45) is 0.701. The molecule has 4 rings (SSSR count). The largest absolute Gasteiger partial charge is 0.497 e. The number of carbonyl (C=O) groups is 2. The molecule has 0 aliphatic rings. The molecule has 0 unspecified atom stereocenters. The molecule has 2 amide bonds. The number of anilines is 1. The van der Waals surface area contributed by atoms with Crippen molar-refractivity contribution in [1.82, 2.24) is 10.2 Å². The van der Waals surface area contributed by atoms with E-state index in [4.69, 9.17) is 18.9 Å². The molecule has 11 nitrogen and oxygen atoms in total. The lowest BCUT2D eigenvalue weighted by atomic mass is 10.0. The Morgan fingerprint density at radius 1 is 0.804 bits per heavy atom. The second kappa shape index (κ2) is 17.6. The van der Waals surface area contributed by atoms with Crippen LogP contribution in [0, 0.1) is 5.82 Å². The van der Waals surface area contributed by atoms with Gasteiger partial charge in [0.05, 0.1) is 39.0 Å². The van der Waals surface area contributed by atoms with Crippen LogP contribution in [-0.2, 0) is 32.6 Å². The summed E-state index contributed by atoms with van der Waals surface area (Å²) in [5.41, 5.74) is 0.889. The molecule has 272 valence electrons. The molecular formula is C38H44FN3O8S. The van der Waals surface area contributed by atoms with E-state index in [1.165, 1.54) is 81.9 Å². The van der Waals surface area contributed by atoms with Crippen LogP contribution < -0.4 is 28.6 Å². The highest BCUT2D eigenvalue weighted by Gasteiger charge is 2.36. The van der Waals surface area contributed by atoms with Crippen LogP contribution in [0.25, 0.3) is 0 Å². The van der Waals surface area contributed by atoms with Gasteiger partial charge < -0.3 is 29.2 Å². The number of benzene rings is 4. The van der Waals surface area contributed by atoms with E-state index in [0.29, 0.717) is 17.9 Å². The van der Waals surface area contributed by atoms with Crippen LogP contribution in [0.15, 0.2) is 95.9 Å².